The van der Waals surface area contributed by atoms with Crippen molar-refractivity contribution < 1.29 is 14.3 Å². The summed E-state index contributed by atoms with van der Waals surface area (Å²) in [6.07, 6.45) is -0.506. The molecule has 0 fully saturated rings. The van der Waals surface area contributed by atoms with Crippen LogP contribution in [0.4, 0.5) is 16.2 Å². The van der Waals surface area contributed by atoms with Gasteiger partial charge in [0.05, 0.1) is 11.4 Å². The molecule has 1 amide bonds. The van der Waals surface area contributed by atoms with Crippen molar-refractivity contribution in [2.75, 3.05) is 11.1 Å². The second kappa shape index (κ2) is 10.6. The number of nitrogens with one attached hydrogen (secondary N) is 1. The Kier molecular flexibility index (Phi) is 8.46. The minimum Gasteiger partial charge on any atom is -0.444 e. The number of nitrogen functional groups attached to an aromatic ring is 1. The largest absolute Gasteiger partial charge is 0.444 e. The molecule has 0 spiro atoms. The Labute approximate surface area is 193 Å². The molecular formula is C22H22BrClN2O3S. The summed E-state index contributed by atoms with van der Waals surface area (Å²) < 4.78 is 6.06. The lowest BCUT2D eigenvalue weighted by Gasteiger charge is -2.20. The second-order valence-electron chi connectivity index (χ2n) is 7.19. The van der Waals surface area contributed by atoms with E-state index >= 15 is 0 Å². The van der Waals surface area contributed by atoms with E-state index in [0.717, 1.165) is 14.9 Å². The number of nitrogens with two attached hydrogens (primary N) is 1. The SMILES string of the molecule is CC(C)(C)OC(=O)Nc1ccc(-c2cccs2)cc1N.O=C(Cl)c1cccc(Br)c1. The zero-order chi connectivity index (χ0) is 22.3. The van der Waals surface area contributed by atoms with Crippen molar-refractivity contribution in [2.24, 2.45) is 0 Å². The molecule has 0 saturated heterocycles. The van der Waals surface area contributed by atoms with E-state index in [0.29, 0.717) is 16.9 Å². The van der Waals surface area contributed by atoms with E-state index < -0.39 is 16.9 Å². The number of hydrogen-bond acceptors (Lipinski definition) is 5. The molecule has 5 nitrogen and oxygen atoms in total. The number of hydrogen-bond donors (Lipinski definition) is 2. The average Bonchev–Trinajstić information content (AvgIpc) is 3.17. The topological polar surface area (TPSA) is 81.4 Å². The van der Waals surface area contributed by atoms with Crippen molar-refractivity contribution in [2.45, 2.75) is 26.4 Å². The maximum Gasteiger partial charge on any atom is 0.412 e. The first-order valence-electron chi connectivity index (χ1n) is 8.94. The molecule has 0 aliphatic carbocycles. The Balaban J connectivity index is 0.000000269. The van der Waals surface area contributed by atoms with Gasteiger partial charge in [-0.3, -0.25) is 10.1 Å². The van der Waals surface area contributed by atoms with Crippen LogP contribution < -0.4 is 11.1 Å². The number of thiophene rings is 1. The standard InChI is InChI=1S/C15H18N2O2S.C7H4BrClO/c1-15(2,3)19-14(18)17-12-7-6-10(9-11(12)16)13-5-4-8-20-13;8-6-3-1-2-5(4-6)7(9)10/h4-9H,16H2,1-3H3,(H,17,18);1-4H. The van der Waals surface area contributed by atoms with Crippen LogP contribution in [0.2, 0.25) is 0 Å². The fourth-order valence-electron chi connectivity index (χ4n) is 2.30. The van der Waals surface area contributed by atoms with Crippen LogP contribution >= 0.6 is 38.9 Å². The number of carbonyl (C=O) groups excluding carboxylic acids is 2. The van der Waals surface area contributed by atoms with Gasteiger partial charge in [0.15, 0.2) is 0 Å². The van der Waals surface area contributed by atoms with E-state index in [1.54, 1.807) is 35.6 Å². The number of anilines is 2. The fraction of sp³-hybridized carbons (Fsp3) is 0.182. The van der Waals surface area contributed by atoms with Crippen molar-refractivity contribution in [1.82, 2.24) is 0 Å². The van der Waals surface area contributed by atoms with Gasteiger partial charge in [0.25, 0.3) is 5.24 Å². The lowest BCUT2D eigenvalue weighted by atomic mass is 10.1. The normalized spacial score (nSPS) is 10.6. The fourth-order valence-corrected chi connectivity index (χ4v) is 3.54. The first-order chi connectivity index (χ1) is 14.0. The first-order valence-corrected chi connectivity index (χ1v) is 11.0. The number of amides is 1. The summed E-state index contributed by atoms with van der Waals surface area (Å²) in [7, 11) is 0. The molecule has 0 saturated carbocycles. The quantitative estimate of drug-likeness (QED) is 0.289. The predicted molar refractivity (Wildman–Crippen MR) is 128 cm³/mol. The van der Waals surface area contributed by atoms with Crippen molar-refractivity contribution in [1.29, 1.82) is 0 Å². The van der Waals surface area contributed by atoms with Crippen LogP contribution in [0, 0.1) is 0 Å². The maximum atomic E-state index is 11.7. The van der Waals surface area contributed by atoms with Crippen LogP contribution in [-0.4, -0.2) is 16.9 Å². The Morgan fingerprint density at radius 3 is 2.33 bits per heavy atom. The van der Waals surface area contributed by atoms with Gasteiger partial charge in [0, 0.05) is 14.9 Å². The molecule has 0 aliphatic rings. The lowest BCUT2D eigenvalue weighted by Crippen LogP contribution is -2.27. The number of halogens is 2. The highest BCUT2D eigenvalue weighted by Crippen LogP contribution is 2.30. The Hall–Kier alpha value is -2.35. The molecule has 1 heterocycles. The monoisotopic (exact) mass is 508 g/mol. The molecule has 30 heavy (non-hydrogen) atoms. The van der Waals surface area contributed by atoms with Crippen LogP contribution in [0.15, 0.2) is 64.5 Å². The van der Waals surface area contributed by atoms with Gasteiger partial charge in [-0.15, -0.1) is 11.3 Å². The average molecular weight is 510 g/mol. The molecule has 0 unspecified atom stereocenters. The summed E-state index contributed by atoms with van der Waals surface area (Å²) in [5.41, 5.74) is 8.06. The van der Waals surface area contributed by atoms with Crippen LogP contribution in [0.25, 0.3) is 10.4 Å². The number of benzene rings is 2. The molecule has 1 aromatic heterocycles. The highest BCUT2D eigenvalue weighted by atomic mass is 79.9. The third kappa shape index (κ3) is 7.82. The zero-order valence-electron chi connectivity index (χ0n) is 16.7. The lowest BCUT2D eigenvalue weighted by molar-refractivity contribution is 0.0636. The summed E-state index contributed by atoms with van der Waals surface area (Å²) in [6, 6.07) is 16.5. The molecule has 0 aliphatic heterocycles. The van der Waals surface area contributed by atoms with E-state index in [4.69, 9.17) is 22.1 Å². The summed E-state index contributed by atoms with van der Waals surface area (Å²) in [5, 5.41) is 4.24. The van der Waals surface area contributed by atoms with Crippen molar-refractivity contribution in [3.8, 4) is 10.4 Å². The molecule has 3 N–H and O–H groups in total. The predicted octanol–water partition coefficient (Wildman–Crippen LogP) is 7.17. The van der Waals surface area contributed by atoms with Gasteiger partial charge in [-0.25, -0.2) is 4.79 Å². The van der Waals surface area contributed by atoms with Crippen molar-refractivity contribution in [3.63, 3.8) is 0 Å². The van der Waals surface area contributed by atoms with Gasteiger partial charge >= 0.3 is 6.09 Å². The summed E-state index contributed by atoms with van der Waals surface area (Å²) in [5.74, 6) is 0. The van der Waals surface area contributed by atoms with E-state index in [1.807, 2.05) is 56.5 Å². The van der Waals surface area contributed by atoms with E-state index in [1.165, 1.54) is 0 Å². The molecule has 0 atom stereocenters. The van der Waals surface area contributed by atoms with E-state index in [9.17, 15) is 9.59 Å². The molecule has 2 aromatic carbocycles. The Bertz CT molecular complexity index is 1020. The third-order valence-electron chi connectivity index (χ3n) is 3.54. The highest BCUT2D eigenvalue weighted by molar-refractivity contribution is 9.10. The van der Waals surface area contributed by atoms with Crippen molar-refractivity contribution >= 4 is 61.6 Å². The van der Waals surface area contributed by atoms with Crippen LogP contribution in [0.5, 0.6) is 0 Å². The highest BCUT2D eigenvalue weighted by Gasteiger charge is 2.17. The van der Waals surface area contributed by atoms with Gasteiger partial charge in [-0.1, -0.05) is 40.2 Å². The first kappa shape index (κ1) is 23.9. The van der Waals surface area contributed by atoms with Gasteiger partial charge in [0.1, 0.15) is 5.60 Å². The molecule has 3 aromatic rings. The number of carbonyl (C=O) groups is 2. The van der Waals surface area contributed by atoms with Gasteiger partial charge in [0.2, 0.25) is 0 Å². The molecule has 3 rings (SSSR count). The Morgan fingerprint density at radius 2 is 1.83 bits per heavy atom. The van der Waals surface area contributed by atoms with E-state index in [-0.39, 0.29) is 0 Å². The van der Waals surface area contributed by atoms with Gasteiger partial charge in [-0.05, 0) is 73.6 Å². The smallest absolute Gasteiger partial charge is 0.412 e. The number of ether oxygens (including phenoxy) is 1. The number of rotatable bonds is 3. The van der Waals surface area contributed by atoms with Crippen molar-refractivity contribution in [3.05, 3.63) is 70.0 Å². The summed E-state index contributed by atoms with van der Waals surface area (Å²) >= 11 is 10.1. The minimum absolute atomic E-state index is 0.429. The summed E-state index contributed by atoms with van der Waals surface area (Å²) in [6.45, 7) is 5.45. The Morgan fingerprint density at radius 1 is 1.10 bits per heavy atom. The van der Waals surface area contributed by atoms with Crippen LogP contribution in [-0.2, 0) is 4.74 Å². The molecule has 0 radical (unpaired) electrons. The van der Waals surface area contributed by atoms with Crippen LogP contribution in [0.1, 0.15) is 31.1 Å². The molecule has 158 valence electrons. The van der Waals surface area contributed by atoms with Gasteiger partial charge in [-0.2, -0.15) is 0 Å². The van der Waals surface area contributed by atoms with Crippen LogP contribution in [0.3, 0.4) is 0 Å². The van der Waals surface area contributed by atoms with Gasteiger partial charge < -0.3 is 10.5 Å². The minimum atomic E-state index is -0.532. The maximum absolute atomic E-state index is 11.7. The second-order valence-corrected chi connectivity index (χ2v) is 9.40. The molecular weight excluding hydrogens is 488 g/mol. The van der Waals surface area contributed by atoms with E-state index in [2.05, 4.69) is 21.2 Å². The summed E-state index contributed by atoms with van der Waals surface area (Å²) in [4.78, 5) is 23.4. The third-order valence-corrected chi connectivity index (χ3v) is 5.17. The zero-order valence-corrected chi connectivity index (χ0v) is 19.9. The molecule has 8 heteroatoms. The molecule has 0 bridgehead atoms.